The number of benzene rings is 3. The minimum atomic E-state index is -0.516. The average Bonchev–Trinajstić information content (AvgIpc) is 2.62. The summed E-state index contributed by atoms with van der Waals surface area (Å²) < 4.78 is 19.0. The first-order valence-corrected chi connectivity index (χ1v) is 7.89. The van der Waals surface area contributed by atoms with E-state index in [4.69, 9.17) is 16.3 Å². The molecule has 25 heavy (non-hydrogen) atoms. The number of nitrogens with zero attached hydrogens (tertiary/aromatic N) is 1. The normalized spacial score (nSPS) is 11.0. The van der Waals surface area contributed by atoms with Gasteiger partial charge in [0.1, 0.15) is 11.6 Å². The fraction of sp³-hybridized carbons (Fsp3) is 0.0526. The SMILES string of the molecule is O=C(COc1ccc2ccccc2c1)NN=Cc1c(F)cccc1Cl. The second-order valence-corrected chi connectivity index (χ2v) is 5.63. The third-order valence-corrected chi connectivity index (χ3v) is 3.80. The molecule has 0 saturated carbocycles. The quantitative estimate of drug-likeness (QED) is 0.551. The smallest absolute Gasteiger partial charge is 0.277 e. The molecule has 1 N–H and O–H groups in total. The van der Waals surface area contributed by atoms with Crippen molar-refractivity contribution in [2.45, 2.75) is 0 Å². The number of halogens is 2. The van der Waals surface area contributed by atoms with Gasteiger partial charge in [0.25, 0.3) is 5.91 Å². The number of rotatable bonds is 5. The highest BCUT2D eigenvalue weighted by Gasteiger charge is 2.05. The summed E-state index contributed by atoms with van der Waals surface area (Å²) in [5.74, 6) is -0.398. The summed E-state index contributed by atoms with van der Waals surface area (Å²) in [4.78, 5) is 11.8. The van der Waals surface area contributed by atoms with Crippen LogP contribution in [0.4, 0.5) is 4.39 Å². The minimum Gasteiger partial charge on any atom is -0.484 e. The van der Waals surface area contributed by atoms with Gasteiger partial charge in [-0.2, -0.15) is 5.10 Å². The lowest BCUT2D eigenvalue weighted by Crippen LogP contribution is -2.24. The van der Waals surface area contributed by atoms with Crippen molar-refractivity contribution in [1.82, 2.24) is 5.43 Å². The molecular formula is C19H14ClFN2O2. The highest BCUT2D eigenvalue weighted by atomic mass is 35.5. The number of hydrogen-bond donors (Lipinski definition) is 1. The Bertz CT molecular complexity index is 923. The van der Waals surface area contributed by atoms with Crippen molar-refractivity contribution < 1.29 is 13.9 Å². The molecule has 0 fully saturated rings. The molecular weight excluding hydrogens is 343 g/mol. The number of hydrazone groups is 1. The van der Waals surface area contributed by atoms with E-state index in [0.717, 1.165) is 17.0 Å². The lowest BCUT2D eigenvalue weighted by atomic mass is 10.1. The zero-order chi connectivity index (χ0) is 17.6. The molecule has 3 aromatic carbocycles. The number of fused-ring (bicyclic) bond motifs is 1. The first-order chi connectivity index (χ1) is 12.1. The Balaban J connectivity index is 1.56. The Kier molecular flexibility index (Phi) is 5.26. The standard InChI is InChI=1S/C19H14ClFN2O2/c20-17-6-3-7-18(21)16(17)11-22-23-19(24)12-25-15-9-8-13-4-1-2-5-14(13)10-15/h1-11H,12H2,(H,23,24). The zero-order valence-electron chi connectivity index (χ0n) is 13.1. The van der Waals surface area contributed by atoms with Crippen molar-refractivity contribution in [1.29, 1.82) is 0 Å². The van der Waals surface area contributed by atoms with Gasteiger partial charge >= 0.3 is 0 Å². The maximum atomic E-state index is 13.6. The maximum Gasteiger partial charge on any atom is 0.277 e. The summed E-state index contributed by atoms with van der Waals surface area (Å²) in [6.45, 7) is -0.208. The Hall–Kier alpha value is -2.92. The van der Waals surface area contributed by atoms with Crippen LogP contribution in [0.1, 0.15) is 5.56 Å². The second-order valence-electron chi connectivity index (χ2n) is 5.23. The van der Waals surface area contributed by atoms with Crippen LogP contribution in [0.25, 0.3) is 10.8 Å². The molecule has 0 radical (unpaired) electrons. The molecule has 126 valence electrons. The van der Waals surface area contributed by atoms with Crippen LogP contribution in [0.15, 0.2) is 65.8 Å². The molecule has 0 aliphatic heterocycles. The van der Waals surface area contributed by atoms with Crippen molar-refractivity contribution in [3.63, 3.8) is 0 Å². The molecule has 3 aromatic rings. The molecule has 6 heteroatoms. The first kappa shape index (κ1) is 16.9. The van der Waals surface area contributed by atoms with Crippen molar-refractivity contribution in [2.75, 3.05) is 6.61 Å². The summed E-state index contributed by atoms with van der Waals surface area (Å²) in [6, 6.07) is 17.7. The predicted molar refractivity (Wildman–Crippen MR) is 96.6 cm³/mol. The fourth-order valence-electron chi connectivity index (χ4n) is 2.24. The molecule has 0 bridgehead atoms. The Morgan fingerprint density at radius 2 is 1.92 bits per heavy atom. The van der Waals surface area contributed by atoms with E-state index in [0.29, 0.717) is 5.75 Å². The van der Waals surface area contributed by atoms with E-state index in [9.17, 15) is 9.18 Å². The van der Waals surface area contributed by atoms with E-state index in [-0.39, 0.29) is 17.2 Å². The van der Waals surface area contributed by atoms with Crippen LogP contribution in [0, 0.1) is 5.82 Å². The molecule has 0 spiro atoms. The molecule has 0 saturated heterocycles. The van der Waals surface area contributed by atoms with Gasteiger partial charge in [-0.1, -0.05) is 48.0 Å². The van der Waals surface area contributed by atoms with E-state index < -0.39 is 11.7 Å². The van der Waals surface area contributed by atoms with Crippen molar-refractivity contribution >= 4 is 34.5 Å². The van der Waals surface area contributed by atoms with Crippen molar-refractivity contribution in [3.8, 4) is 5.75 Å². The third kappa shape index (κ3) is 4.33. The maximum absolute atomic E-state index is 13.6. The van der Waals surface area contributed by atoms with Crippen LogP contribution in [-0.2, 0) is 4.79 Å². The van der Waals surface area contributed by atoms with Crippen LogP contribution in [-0.4, -0.2) is 18.7 Å². The van der Waals surface area contributed by atoms with E-state index in [1.807, 2.05) is 36.4 Å². The second kappa shape index (κ2) is 7.77. The molecule has 0 aliphatic rings. The Labute approximate surface area is 148 Å². The number of carbonyl (C=O) groups excluding carboxylic acids is 1. The zero-order valence-corrected chi connectivity index (χ0v) is 13.8. The van der Waals surface area contributed by atoms with Gasteiger partial charge in [0, 0.05) is 5.56 Å². The van der Waals surface area contributed by atoms with Gasteiger partial charge < -0.3 is 4.74 Å². The summed E-state index contributed by atoms with van der Waals surface area (Å²) in [5.41, 5.74) is 2.38. The highest BCUT2D eigenvalue weighted by molar-refractivity contribution is 6.33. The van der Waals surface area contributed by atoms with E-state index >= 15 is 0 Å². The van der Waals surface area contributed by atoms with E-state index in [1.165, 1.54) is 18.2 Å². The Morgan fingerprint density at radius 3 is 2.72 bits per heavy atom. The molecule has 0 aliphatic carbocycles. The average molecular weight is 357 g/mol. The van der Waals surface area contributed by atoms with Crippen LogP contribution in [0.2, 0.25) is 5.02 Å². The van der Waals surface area contributed by atoms with Gasteiger partial charge in [0.2, 0.25) is 0 Å². The van der Waals surface area contributed by atoms with Gasteiger partial charge in [0.05, 0.1) is 11.2 Å². The summed E-state index contributed by atoms with van der Waals surface area (Å²) in [6.07, 6.45) is 1.16. The summed E-state index contributed by atoms with van der Waals surface area (Å²) in [7, 11) is 0. The monoisotopic (exact) mass is 356 g/mol. The molecule has 0 heterocycles. The molecule has 0 unspecified atom stereocenters. The van der Waals surface area contributed by atoms with Gasteiger partial charge in [-0.3, -0.25) is 4.79 Å². The van der Waals surface area contributed by atoms with Crippen LogP contribution in [0.3, 0.4) is 0 Å². The van der Waals surface area contributed by atoms with E-state index in [2.05, 4.69) is 10.5 Å². The third-order valence-electron chi connectivity index (χ3n) is 3.47. The molecule has 0 atom stereocenters. The predicted octanol–water partition coefficient (Wildman–Crippen LogP) is 4.16. The van der Waals surface area contributed by atoms with Crippen LogP contribution >= 0.6 is 11.6 Å². The number of nitrogens with one attached hydrogen (secondary N) is 1. The molecule has 0 aromatic heterocycles. The molecule has 1 amide bonds. The number of ether oxygens (including phenoxy) is 1. The van der Waals surface area contributed by atoms with Gasteiger partial charge in [-0.25, -0.2) is 9.82 Å². The lowest BCUT2D eigenvalue weighted by Gasteiger charge is -2.06. The highest BCUT2D eigenvalue weighted by Crippen LogP contribution is 2.20. The molecule has 4 nitrogen and oxygen atoms in total. The van der Waals surface area contributed by atoms with Gasteiger partial charge in [-0.05, 0) is 35.0 Å². The fourth-order valence-corrected chi connectivity index (χ4v) is 2.45. The number of carbonyl (C=O) groups is 1. The molecule has 3 rings (SSSR count). The summed E-state index contributed by atoms with van der Waals surface area (Å²) >= 11 is 5.87. The number of amides is 1. The van der Waals surface area contributed by atoms with Crippen molar-refractivity contribution in [2.24, 2.45) is 5.10 Å². The van der Waals surface area contributed by atoms with Crippen LogP contribution in [0.5, 0.6) is 5.75 Å². The Morgan fingerprint density at radius 1 is 1.12 bits per heavy atom. The largest absolute Gasteiger partial charge is 0.484 e. The topological polar surface area (TPSA) is 50.7 Å². The van der Waals surface area contributed by atoms with Crippen molar-refractivity contribution in [3.05, 3.63) is 77.1 Å². The van der Waals surface area contributed by atoms with Gasteiger partial charge in [0.15, 0.2) is 6.61 Å². The van der Waals surface area contributed by atoms with Gasteiger partial charge in [-0.15, -0.1) is 0 Å². The van der Waals surface area contributed by atoms with E-state index in [1.54, 1.807) is 6.07 Å². The van der Waals surface area contributed by atoms with Crippen LogP contribution < -0.4 is 10.2 Å². The number of hydrogen-bond acceptors (Lipinski definition) is 3. The summed E-state index contributed by atoms with van der Waals surface area (Å²) in [5, 5.41) is 6.02. The first-order valence-electron chi connectivity index (χ1n) is 7.51. The minimum absolute atomic E-state index is 0.111. The lowest BCUT2D eigenvalue weighted by molar-refractivity contribution is -0.123.